The molecule has 0 fully saturated rings. The van der Waals surface area contributed by atoms with Crippen molar-refractivity contribution in [3.63, 3.8) is 0 Å². The predicted molar refractivity (Wildman–Crippen MR) is 34.2 cm³/mol. The fourth-order valence-corrected chi connectivity index (χ4v) is 0.948. The van der Waals surface area contributed by atoms with E-state index in [0.29, 0.717) is 0 Å². The summed E-state index contributed by atoms with van der Waals surface area (Å²) in [5.41, 5.74) is 0. The Bertz CT molecular complexity index is 150. The molecule has 40 valence electrons. The molecule has 0 amide bonds. The Morgan fingerprint density at radius 1 is 1.12 bits per heavy atom. The zero-order chi connectivity index (χ0) is 5.82. The van der Waals surface area contributed by atoms with Crippen LogP contribution in [0.1, 0.15) is 0 Å². The van der Waals surface area contributed by atoms with Crippen molar-refractivity contribution >= 4 is 22.9 Å². The van der Waals surface area contributed by atoms with Crippen LogP contribution in [0.15, 0.2) is 30.3 Å². The molecule has 1 aromatic carbocycles. The van der Waals surface area contributed by atoms with Gasteiger partial charge in [-0.1, -0.05) is 0 Å². The summed E-state index contributed by atoms with van der Waals surface area (Å²) in [7, 11) is 0. The number of hydrogen-bond donors (Lipinski definition) is 0. The predicted octanol–water partition coefficient (Wildman–Crippen LogP) is 0.881. The van der Waals surface area contributed by atoms with Gasteiger partial charge in [-0.05, 0) is 0 Å². The number of para-hydroxylation sites is 1. The Balaban J connectivity index is 2.83. The molecule has 0 unspecified atom stereocenters. The molecule has 8 heavy (non-hydrogen) atoms. The Morgan fingerprint density at radius 2 is 1.75 bits per heavy atom. The summed E-state index contributed by atoms with van der Waals surface area (Å²) in [6, 6.07) is 9.80. The first-order valence-electron chi connectivity index (χ1n) is 2.35. The summed E-state index contributed by atoms with van der Waals surface area (Å²) >= 11 is 0.833. The van der Waals surface area contributed by atoms with Gasteiger partial charge >= 0.3 is 62.1 Å². The normalized spacial score (nSPS) is 8.62. The van der Waals surface area contributed by atoms with Crippen molar-refractivity contribution in [2.24, 2.45) is 0 Å². The van der Waals surface area contributed by atoms with E-state index in [4.69, 9.17) is 3.07 Å². The van der Waals surface area contributed by atoms with Crippen LogP contribution in [-0.2, 0) is 0 Å². The molecule has 1 rings (SSSR count). The molecule has 0 heterocycles. The first kappa shape index (κ1) is 5.95. The Hall–Kier alpha value is -0.181. The average Bonchev–Trinajstić information content (AvgIpc) is 1.90. The molecular weight excluding hydrogens is 207 g/mol. The molecule has 0 aliphatic carbocycles. The van der Waals surface area contributed by atoms with Gasteiger partial charge in [0.15, 0.2) is 0 Å². The van der Waals surface area contributed by atoms with Crippen molar-refractivity contribution in [1.29, 1.82) is 0 Å². The topological polar surface area (TPSA) is 9.23 Å². The van der Waals surface area contributed by atoms with Crippen LogP contribution < -0.4 is 3.07 Å². The first-order valence-corrected chi connectivity index (χ1v) is 3.70. The molecule has 0 saturated carbocycles. The van der Waals surface area contributed by atoms with Crippen LogP contribution in [0.25, 0.3) is 0 Å². The monoisotopic (exact) mass is 214 g/mol. The van der Waals surface area contributed by atoms with E-state index in [1.807, 2.05) is 30.3 Å². The van der Waals surface area contributed by atoms with E-state index in [1.165, 1.54) is 0 Å². The van der Waals surface area contributed by atoms with E-state index in [0.717, 1.165) is 28.7 Å². The van der Waals surface area contributed by atoms with Gasteiger partial charge < -0.3 is 0 Å². The van der Waals surface area contributed by atoms with E-state index in [1.54, 1.807) is 0 Å². The van der Waals surface area contributed by atoms with Gasteiger partial charge in [0, 0.05) is 0 Å². The number of rotatable bonds is 1. The zero-order valence-corrected chi connectivity index (χ0v) is 7.67. The minimum absolute atomic E-state index is 0.833. The van der Waals surface area contributed by atoms with Gasteiger partial charge in [0.1, 0.15) is 0 Å². The van der Waals surface area contributed by atoms with Gasteiger partial charge in [-0.3, -0.25) is 0 Å². The summed E-state index contributed by atoms with van der Waals surface area (Å²) in [5, 5.41) is 0. The summed E-state index contributed by atoms with van der Waals surface area (Å²) in [6.07, 6.45) is 0. The molecule has 0 aliphatic rings. The Kier molecular flexibility index (Phi) is 2.21. The quantitative estimate of drug-likeness (QED) is 0.629. The molecule has 0 aromatic heterocycles. The molecule has 0 N–H and O–H groups in total. The third kappa shape index (κ3) is 1.40. The molecule has 1 aromatic rings. The second kappa shape index (κ2) is 2.97. The second-order valence-electron chi connectivity index (χ2n) is 1.43. The van der Waals surface area contributed by atoms with E-state index in [2.05, 4.69) is 0 Å². The summed E-state index contributed by atoms with van der Waals surface area (Å²) in [5.74, 6) is 0.968. The zero-order valence-electron chi connectivity index (χ0n) is 4.37. The second-order valence-corrected chi connectivity index (χ2v) is 2.10. The standard InChI is InChI=1S/C6H6O.Sn.H/c7-6-4-2-1-3-5-6;;/h1-5,7H;;/q;+1;/p-1. The van der Waals surface area contributed by atoms with E-state index in [-0.39, 0.29) is 0 Å². The number of benzene rings is 1. The maximum atomic E-state index is 5.04. The van der Waals surface area contributed by atoms with Crippen LogP contribution in [0.2, 0.25) is 0 Å². The third-order valence-corrected chi connectivity index (χ3v) is 1.66. The van der Waals surface area contributed by atoms with Crippen LogP contribution in [0, 0.1) is 0 Å². The minimum atomic E-state index is 0.833. The molecule has 2 radical (unpaired) electrons. The van der Waals surface area contributed by atoms with Crippen LogP contribution in [0.3, 0.4) is 0 Å². The van der Waals surface area contributed by atoms with Crippen molar-refractivity contribution in [1.82, 2.24) is 0 Å². The molecule has 0 aliphatic heterocycles. The van der Waals surface area contributed by atoms with Crippen LogP contribution >= 0.6 is 0 Å². The van der Waals surface area contributed by atoms with Gasteiger partial charge in [-0.25, -0.2) is 0 Å². The fraction of sp³-hybridized carbons (Fsp3) is 0. The Morgan fingerprint density at radius 3 is 2.12 bits per heavy atom. The van der Waals surface area contributed by atoms with Crippen LogP contribution in [0.5, 0.6) is 5.75 Å². The van der Waals surface area contributed by atoms with Gasteiger partial charge in [0.05, 0.1) is 0 Å². The van der Waals surface area contributed by atoms with Crippen molar-refractivity contribution in [2.75, 3.05) is 0 Å². The SMILES string of the molecule is [SnH][O]c1ccccc1. The van der Waals surface area contributed by atoms with E-state index >= 15 is 0 Å². The first-order chi connectivity index (χ1) is 3.93. The van der Waals surface area contributed by atoms with Gasteiger partial charge in [-0.15, -0.1) is 0 Å². The van der Waals surface area contributed by atoms with Crippen molar-refractivity contribution in [3.05, 3.63) is 30.3 Å². The molecular formula is C6H6OSn. The van der Waals surface area contributed by atoms with Crippen LogP contribution in [0.4, 0.5) is 0 Å². The van der Waals surface area contributed by atoms with Gasteiger partial charge in [-0.2, -0.15) is 0 Å². The number of hydrogen-bond acceptors (Lipinski definition) is 1. The van der Waals surface area contributed by atoms with Crippen molar-refractivity contribution < 1.29 is 3.07 Å². The summed E-state index contributed by atoms with van der Waals surface area (Å²) in [6.45, 7) is 0. The van der Waals surface area contributed by atoms with Crippen molar-refractivity contribution in [3.8, 4) is 5.75 Å². The van der Waals surface area contributed by atoms with E-state index < -0.39 is 0 Å². The van der Waals surface area contributed by atoms with Gasteiger partial charge in [0.2, 0.25) is 0 Å². The molecule has 0 atom stereocenters. The van der Waals surface area contributed by atoms with E-state index in [9.17, 15) is 0 Å². The Labute approximate surface area is 62.3 Å². The van der Waals surface area contributed by atoms with Crippen LogP contribution in [-0.4, -0.2) is 22.9 Å². The molecule has 0 bridgehead atoms. The molecule has 0 spiro atoms. The van der Waals surface area contributed by atoms with Gasteiger partial charge in [0.25, 0.3) is 0 Å². The average molecular weight is 213 g/mol. The third-order valence-electron chi connectivity index (χ3n) is 0.879. The van der Waals surface area contributed by atoms with Crippen molar-refractivity contribution in [2.45, 2.75) is 0 Å². The fourth-order valence-electron chi connectivity index (χ4n) is 0.499. The molecule has 2 heteroatoms. The summed E-state index contributed by atoms with van der Waals surface area (Å²) < 4.78 is 5.04. The molecule has 0 saturated heterocycles. The summed E-state index contributed by atoms with van der Waals surface area (Å²) in [4.78, 5) is 0. The molecule has 1 nitrogen and oxygen atoms in total. The maximum absolute atomic E-state index is 5.04.